The third-order valence-corrected chi connectivity index (χ3v) is 4.82. The minimum Gasteiger partial charge on any atom is -0.478 e. The number of hydrogen-bond acceptors (Lipinski definition) is 3. The van der Waals surface area contributed by atoms with Gasteiger partial charge < -0.3 is 15.3 Å². The Morgan fingerprint density at radius 3 is 1.12 bits per heavy atom. The first kappa shape index (κ1) is 33.4. The fourth-order valence-corrected chi connectivity index (χ4v) is 2.85. The number of carbonyl (C=O) groups is 3. The molecule has 0 fully saturated rings. The van der Waals surface area contributed by atoms with Crippen LogP contribution in [-0.2, 0) is 21.7 Å². The summed E-state index contributed by atoms with van der Waals surface area (Å²) >= 11 is 0. The largest absolute Gasteiger partial charge is 0.478 e. The third-order valence-electron chi connectivity index (χ3n) is 4.82. The molecule has 0 bridgehead atoms. The van der Waals surface area contributed by atoms with E-state index in [4.69, 9.17) is 15.3 Å². The summed E-state index contributed by atoms with van der Waals surface area (Å²) in [5, 5.41) is 27.7. The first-order chi connectivity index (χ1) is 18.6. The number of aromatic carboxylic acids is 3. The fraction of sp³-hybridized carbons (Fsp3) is 0. The van der Waals surface area contributed by atoms with Crippen LogP contribution in [0.25, 0.3) is 10.8 Å². The Labute approximate surface area is 242 Å². The van der Waals surface area contributed by atoms with Gasteiger partial charge >= 0.3 is 17.9 Å². The average molecular weight is 583 g/mol. The zero-order valence-electron chi connectivity index (χ0n) is 20.7. The second-order valence-corrected chi connectivity index (χ2v) is 7.59. The number of hydrogen-bond donors (Lipinski definition) is 3. The zero-order chi connectivity index (χ0) is 28.8. The van der Waals surface area contributed by atoms with Crippen LogP contribution in [0.2, 0.25) is 0 Å². The van der Waals surface area contributed by atoms with Crippen LogP contribution in [0.1, 0.15) is 31.1 Å². The summed E-state index contributed by atoms with van der Waals surface area (Å²) in [6.07, 6.45) is 0. The molecule has 0 saturated heterocycles. The molecule has 0 heterocycles. The van der Waals surface area contributed by atoms with Crippen molar-refractivity contribution in [3.8, 4) is 0 Å². The van der Waals surface area contributed by atoms with E-state index in [0.29, 0.717) is 0 Å². The second kappa shape index (κ2) is 17.1. The minimum atomic E-state index is -1.04. The third kappa shape index (κ3) is 11.9. The summed E-state index contributed by atoms with van der Waals surface area (Å²) in [5.41, 5.74) is 0.296. The Bertz CT molecular complexity index is 1340. The van der Waals surface area contributed by atoms with Crippen LogP contribution in [0.5, 0.6) is 0 Å². The smallest absolute Gasteiger partial charge is 0.335 e. The summed E-state index contributed by atoms with van der Waals surface area (Å²) in [7, 11) is 0. The van der Waals surface area contributed by atoms with Crippen molar-refractivity contribution in [2.75, 3.05) is 0 Å². The van der Waals surface area contributed by atoms with Crippen molar-refractivity contribution in [2.24, 2.45) is 0 Å². The molecular weight excluding hydrogens is 561 g/mol. The first-order valence-corrected chi connectivity index (χ1v) is 11.1. The van der Waals surface area contributed by atoms with E-state index in [1.54, 1.807) is 0 Å². The summed E-state index contributed by atoms with van der Waals surface area (Å²) < 4.78 is 36.5. The number of rotatable bonds is 3. The monoisotopic (exact) mass is 583 g/mol. The van der Waals surface area contributed by atoms with Gasteiger partial charge in [0, 0.05) is 21.7 Å². The summed E-state index contributed by atoms with van der Waals surface area (Å²) in [5.74, 6) is -4.40. The Morgan fingerprint density at radius 2 is 0.825 bits per heavy atom. The Balaban J connectivity index is 0.000000265. The maximum Gasteiger partial charge on any atom is 0.335 e. The Kier molecular flexibility index (Phi) is 14.3. The van der Waals surface area contributed by atoms with E-state index in [2.05, 4.69) is 42.5 Å². The van der Waals surface area contributed by atoms with Gasteiger partial charge in [-0.3, -0.25) is 0 Å². The molecule has 0 spiro atoms. The van der Waals surface area contributed by atoms with Gasteiger partial charge in [-0.15, -0.1) is 29.7 Å². The van der Waals surface area contributed by atoms with E-state index in [9.17, 15) is 27.6 Å². The van der Waals surface area contributed by atoms with Crippen molar-refractivity contribution < 1.29 is 64.6 Å². The van der Waals surface area contributed by atoms with Crippen molar-refractivity contribution in [3.63, 3.8) is 0 Å². The summed E-state index contributed by atoms with van der Waals surface area (Å²) in [6, 6.07) is 28.7. The topological polar surface area (TPSA) is 112 Å². The molecule has 40 heavy (non-hydrogen) atoms. The quantitative estimate of drug-likeness (QED) is 0.154. The fourth-order valence-electron chi connectivity index (χ4n) is 2.85. The number of fused-ring (bicyclic) bond motifs is 1. The van der Waals surface area contributed by atoms with Gasteiger partial charge in [0.25, 0.3) is 0 Å². The molecule has 0 aliphatic carbocycles. The molecule has 5 aromatic rings. The van der Waals surface area contributed by atoms with Gasteiger partial charge in [-0.1, -0.05) is 6.07 Å². The average Bonchev–Trinajstić information content (AvgIpc) is 3.40. The molecule has 5 rings (SSSR count). The number of carboxylic acid groups (broad SMARTS) is 3. The Hall–Kier alpha value is -4.60. The van der Waals surface area contributed by atoms with E-state index in [1.165, 1.54) is 47.2 Å². The predicted molar refractivity (Wildman–Crippen MR) is 140 cm³/mol. The van der Waals surface area contributed by atoms with Crippen molar-refractivity contribution >= 4 is 28.7 Å². The molecule has 0 aromatic heterocycles. The molecule has 10 heteroatoms. The van der Waals surface area contributed by atoms with E-state index >= 15 is 0 Å². The molecule has 0 aliphatic heterocycles. The molecule has 0 unspecified atom stereocenters. The van der Waals surface area contributed by atoms with Crippen LogP contribution >= 0.6 is 0 Å². The molecule has 5 aromatic carbocycles. The van der Waals surface area contributed by atoms with Gasteiger partial charge in [-0.2, -0.15) is 17.5 Å². The van der Waals surface area contributed by atoms with E-state index < -0.39 is 35.4 Å². The molecule has 6 nitrogen and oxygen atoms in total. The molecule has 0 aliphatic rings. The molecule has 204 valence electrons. The molecule has 0 saturated carbocycles. The SMILES string of the molecule is O=C(O)c1ccc(F)cc1.O=C(O)c1ccc(F)cc1.O=C(O)c1ccc(F)cc1.[Ti].c1ccc2[cH-]ccc2c1. The van der Waals surface area contributed by atoms with Gasteiger partial charge in [0.2, 0.25) is 0 Å². The number of halogens is 3. The van der Waals surface area contributed by atoms with Crippen molar-refractivity contribution in [2.45, 2.75) is 0 Å². The standard InChI is InChI=1S/C9H7.3C7H5FO2.Ti/c1-2-5-9-7-3-6-8(9)4-1;3*8-6-3-1-5(2-4-6)7(9)10;/h1-7H;3*1-4H,(H,9,10);/q-1;;;;. The van der Waals surface area contributed by atoms with Gasteiger partial charge in [-0.25, -0.2) is 27.6 Å². The maximum atomic E-state index is 12.2. The van der Waals surface area contributed by atoms with Crippen LogP contribution in [0.15, 0.2) is 115 Å². The molecule has 3 N–H and O–H groups in total. The van der Waals surface area contributed by atoms with E-state index in [1.807, 2.05) is 0 Å². The van der Waals surface area contributed by atoms with Crippen LogP contribution in [-0.4, -0.2) is 33.2 Å². The van der Waals surface area contributed by atoms with Gasteiger partial charge in [0.15, 0.2) is 0 Å². The van der Waals surface area contributed by atoms with Crippen molar-refractivity contribution in [1.29, 1.82) is 0 Å². The maximum absolute atomic E-state index is 12.2. The van der Waals surface area contributed by atoms with Crippen LogP contribution in [0.3, 0.4) is 0 Å². The van der Waals surface area contributed by atoms with Gasteiger partial charge in [0.05, 0.1) is 16.7 Å². The molecule has 0 amide bonds. The molecule has 0 atom stereocenters. The first-order valence-electron chi connectivity index (χ1n) is 11.1. The minimum absolute atomic E-state index is 0. The Morgan fingerprint density at radius 1 is 0.500 bits per heavy atom. The van der Waals surface area contributed by atoms with Gasteiger partial charge in [-0.05, 0) is 72.8 Å². The number of benzene rings is 4. The van der Waals surface area contributed by atoms with E-state index in [0.717, 1.165) is 36.4 Å². The number of carboxylic acids is 3. The summed E-state index contributed by atoms with van der Waals surface area (Å²) in [6.45, 7) is 0. The van der Waals surface area contributed by atoms with Crippen molar-refractivity contribution in [3.05, 3.63) is 149 Å². The van der Waals surface area contributed by atoms with Gasteiger partial charge in [0.1, 0.15) is 17.5 Å². The summed E-state index contributed by atoms with van der Waals surface area (Å²) in [4.78, 5) is 30.6. The van der Waals surface area contributed by atoms with E-state index in [-0.39, 0.29) is 38.4 Å². The predicted octanol–water partition coefficient (Wildman–Crippen LogP) is 7.13. The molecular formula is C30H22F3O6Ti-. The van der Waals surface area contributed by atoms with Crippen LogP contribution < -0.4 is 0 Å². The van der Waals surface area contributed by atoms with Crippen LogP contribution in [0.4, 0.5) is 13.2 Å². The second-order valence-electron chi connectivity index (χ2n) is 7.59. The normalized spacial score (nSPS) is 9.28. The van der Waals surface area contributed by atoms with Crippen LogP contribution in [0, 0.1) is 17.5 Å². The zero-order valence-corrected chi connectivity index (χ0v) is 22.2. The molecule has 0 radical (unpaired) electrons. The van der Waals surface area contributed by atoms with Crippen molar-refractivity contribution in [1.82, 2.24) is 0 Å².